The van der Waals surface area contributed by atoms with Gasteiger partial charge in [-0.3, -0.25) is 19.7 Å². The fourth-order valence-corrected chi connectivity index (χ4v) is 3.61. The van der Waals surface area contributed by atoms with Crippen molar-refractivity contribution < 1.29 is 14.4 Å². The fraction of sp³-hybridized carbons (Fsp3) is 0.526. The van der Waals surface area contributed by atoms with Crippen LogP contribution in [0.1, 0.15) is 48.8 Å². The van der Waals surface area contributed by atoms with Crippen molar-refractivity contribution in [3.05, 3.63) is 34.9 Å². The second-order valence-corrected chi connectivity index (χ2v) is 7.25. The molecule has 2 rings (SSSR count). The molecule has 1 fully saturated rings. The Kier molecular flexibility index (Phi) is 7.62. The highest BCUT2D eigenvalue weighted by atomic mass is 79.9. The Balaban J connectivity index is 2.12. The van der Waals surface area contributed by atoms with E-state index in [-0.39, 0.29) is 18.2 Å². The number of carbonyl (C=O) groups excluding carboxylic acids is 3. The van der Waals surface area contributed by atoms with Crippen LogP contribution in [-0.2, 0) is 27.3 Å². The molecule has 1 N–H and O–H groups in total. The van der Waals surface area contributed by atoms with Gasteiger partial charge < -0.3 is 4.90 Å². The van der Waals surface area contributed by atoms with Crippen LogP contribution in [0.25, 0.3) is 0 Å². The van der Waals surface area contributed by atoms with E-state index in [0.29, 0.717) is 13.0 Å². The normalized spacial score (nSPS) is 17.3. The molecule has 0 spiro atoms. The van der Waals surface area contributed by atoms with E-state index in [1.807, 2.05) is 19.1 Å². The number of benzene rings is 1. The molecule has 0 bridgehead atoms. The van der Waals surface area contributed by atoms with Crippen molar-refractivity contribution in [2.75, 3.05) is 5.33 Å². The molecule has 1 aromatic rings. The van der Waals surface area contributed by atoms with Gasteiger partial charge in [0.2, 0.25) is 18.2 Å². The first-order valence-corrected chi connectivity index (χ1v) is 9.87. The minimum absolute atomic E-state index is 0.268. The van der Waals surface area contributed by atoms with Gasteiger partial charge in [0.05, 0.1) is 0 Å². The van der Waals surface area contributed by atoms with Crippen LogP contribution in [0.15, 0.2) is 18.2 Å². The first kappa shape index (κ1) is 19.6. The number of piperidine rings is 1. The SMILES string of the molecule is Cc1cccc(CCCCCBr)c1CN(C=O)C1CCC(=O)NC1=O. The van der Waals surface area contributed by atoms with Crippen molar-refractivity contribution in [3.8, 4) is 0 Å². The van der Waals surface area contributed by atoms with Crippen molar-refractivity contribution in [2.45, 2.75) is 58.0 Å². The first-order chi connectivity index (χ1) is 12.1. The number of halogens is 1. The monoisotopic (exact) mass is 408 g/mol. The zero-order chi connectivity index (χ0) is 18.2. The summed E-state index contributed by atoms with van der Waals surface area (Å²) in [6.45, 7) is 2.43. The molecule has 136 valence electrons. The molecule has 25 heavy (non-hydrogen) atoms. The molecule has 0 radical (unpaired) electrons. The third-order valence-electron chi connectivity index (χ3n) is 4.67. The second-order valence-electron chi connectivity index (χ2n) is 6.46. The van der Waals surface area contributed by atoms with Gasteiger partial charge in [0.15, 0.2) is 0 Å². The molecule has 3 amide bonds. The third-order valence-corrected chi connectivity index (χ3v) is 5.23. The van der Waals surface area contributed by atoms with E-state index in [1.54, 1.807) is 0 Å². The van der Waals surface area contributed by atoms with E-state index < -0.39 is 6.04 Å². The number of nitrogens with zero attached hydrogens (tertiary/aromatic N) is 1. The van der Waals surface area contributed by atoms with Crippen LogP contribution in [0.5, 0.6) is 0 Å². The molecular weight excluding hydrogens is 384 g/mol. The Hall–Kier alpha value is -1.69. The van der Waals surface area contributed by atoms with Crippen LogP contribution in [0.3, 0.4) is 0 Å². The largest absolute Gasteiger partial charge is 0.329 e. The number of unbranched alkanes of at least 4 members (excludes halogenated alkanes) is 2. The van der Waals surface area contributed by atoms with Crippen LogP contribution in [-0.4, -0.2) is 34.5 Å². The van der Waals surface area contributed by atoms with E-state index in [2.05, 4.69) is 27.3 Å². The molecule has 1 heterocycles. The lowest BCUT2D eigenvalue weighted by Crippen LogP contribution is -2.51. The van der Waals surface area contributed by atoms with Gasteiger partial charge >= 0.3 is 0 Å². The smallest absolute Gasteiger partial charge is 0.249 e. The second kappa shape index (κ2) is 9.70. The molecular formula is C19H25BrN2O3. The molecule has 1 aromatic carbocycles. The predicted molar refractivity (Wildman–Crippen MR) is 100 cm³/mol. The minimum atomic E-state index is -0.573. The van der Waals surface area contributed by atoms with Gasteiger partial charge in [-0.05, 0) is 49.3 Å². The van der Waals surface area contributed by atoms with Gasteiger partial charge in [-0.25, -0.2) is 0 Å². The lowest BCUT2D eigenvalue weighted by Gasteiger charge is -2.31. The fourth-order valence-electron chi connectivity index (χ4n) is 3.21. The maximum absolute atomic E-state index is 12.1. The van der Waals surface area contributed by atoms with E-state index in [9.17, 15) is 14.4 Å². The molecule has 1 unspecified atom stereocenters. The number of rotatable bonds is 9. The van der Waals surface area contributed by atoms with Gasteiger partial charge in [0.1, 0.15) is 6.04 Å². The van der Waals surface area contributed by atoms with E-state index in [4.69, 9.17) is 0 Å². The average molecular weight is 409 g/mol. The Morgan fingerprint density at radius 1 is 1.28 bits per heavy atom. The highest BCUT2D eigenvalue weighted by Gasteiger charge is 2.31. The number of hydrogen-bond donors (Lipinski definition) is 1. The molecule has 1 aliphatic rings. The van der Waals surface area contributed by atoms with E-state index in [0.717, 1.165) is 48.6 Å². The Morgan fingerprint density at radius 3 is 2.76 bits per heavy atom. The van der Waals surface area contributed by atoms with Crippen molar-refractivity contribution in [1.82, 2.24) is 10.2 Å². The summed E-state index contributed by atoms with van der Waals surface area (Å²) in [6, 6.07) is 5.60. The number of hydrogen-bond acceptors (Lipinski definition) is 3. The number of carbonyl (C=O) groups is 3. The number of alkyl halides is 1. The maximum atomic E-state index is 12.1. The molecule has 0 aliphatic carbocycles. The summed E-state index contributed by atoms with van der Waals surface area (Å²) in [4.78, 5) is 36.5. The summed E-state index contributed by atoms with van der Waals surface area (Å²) >= 11 is 3.45. The Bertz CT molecular complexity index is 633. The topological polar surface area (TPSA) is 66.5 Å². The van der Waals surface area contributed by atoms with Gasteiger partial charge in [0, 0.05) is 18.3 Å². The summed E-state index contributed by atoms with van der Waals surface area (Å²) in [7, 11) is 0. The molecule has 5 nitrogen and oxygen atoms in total. The number of amides is 3. The lowest BCUT2D eigenvalue weighted by molar-refractivity contribution is -0.141. The van der Waals surface area contributed by atoms with Crippen LogP contribution in [0.4, 0.5) is 0 Å². The van der Waals surface area contributed by atoms with Crippen LogP contribution < -0.4 is 5.32 Å². The van der Waals surface area contributed by atoms with Crippen molar-refractivity contribution in [3.63, 3.8) is 0 Å². The van der Waals surface area contributed by atoms with Crippen molar-refractivity contribution >= 4 is 34.2 Å². The standard InChI is InChI=1S/C19H25BrN2O3/c1-14-6-5-8-15(7-3-2-4-11-20)16(14)12-22(13-23)17-9-10-18(24)21-19(17)25/h5-6,8,13,17H,2-4,7,9-12H2,1H3,(H,21,24,25). The van der Waals surface area contributed by atoms with E-state index in [1.165, 1.54) is 10.5 Å². The Morgan fingerprint density at radius 2 is 2.08 bits per heavy atom. The first-order valence-electron chi connectivity index (χ1n) is 8.75. The molecule has 1 atom stereocenters. The zero-order valence-electron chi connectivity index (χ0n) is 14.6. The summed E-state index contributed by atoms with van der Waals surface area (Å²) in [5, 5.41) is 3.34. The average Bonchev–Trinajstić information content (AvgIpc) is 2.59. The molecule has 1 saturated heterocycles. The third kappa shape index (κ3) is 5.39. The van der Waals surface area contributed by atoms with Crippen molar-refractivity contribution in [2.24, 2.45) is 0 Å². The lowest BCUT2D eigenvalue weighted by atomic mass is 9.96. The summed E-state index contributed by atoms with van der Waals surface area (Å²) in [5.74, 6) is -0.647. The van der Waals surface area contributed by atoms with Gasteiger partial charge in [-0.2, -0.15) is 0 Å². The molecule has 0 aromatic heterocycles. The number of aryl methyl sites for hydroxylation is 2. The van der Waals surface area contributed by atoms with Gasteiger partial charge in [0.25, 0.3) is 0 Å². The quantitative estimate of drug-likeness (QED) is 0.295. The highest BCUT2D eigenvalue weighted by molar-refractivity contribution is 9.09. The predicted octanol–water partition coefficient (Wildman–Crippen LogP) is 2.87. The summed E-state index contributed by atoms with van der Waals surface area (Å²) in [6.07, 6.45) is 5.75. The zero-order valence-corrected chi connectivity index (χ0v) is 16.2. The number of imide groups is 1. The minimum Gasteiger partial charge on any atom is -0.329 e. The van der Waals surface area contributed by atoms with Crippen LogP contribution in [0, 0.1) is 6.92 Å². The van der Waals surface area contributed by atoms with E-state index >= 15 is 0 Å². The van der Waals surface area contributed by atoms with Crippen LogP contribution in [0.2, 0.25) is 0 Å². The molecule has 6 heteroatoms. The van der Waals surface area contributed by atoms with Crippen molar-refractivity contribution in [1.29, 1.82) is 0 Å². The highest BCUT2D eigenvalue weighted by Crippen LogP contribution is 2.21. The van der Waals surface area contributed by atoms with Crippen LogP contribution >= 0.6 is 15.9 Å². The summed E-state index contributed by atoms with van der Waals surface area (Å²) in [5.41, 5.74) is 3.46. The summed E-state index contributed by atoms with van der Waals surface area (Å²) < 4.78 is 0. The maximum Gasteiger partial charge on any atom is 0.249 e. The molecule has 0 saturated carbocycles. The van der Waals surface area contributed by atoms with Gasteiger partial charge in [-0.15, -0.1) is 0 Å². The number of nitrogens with one attached hydrogen (secondary N) is 1. The molecule has 1 aliphatic heterocycles. The Labute approximate surface area is 157 Å². The van der Waals surface area contributed by atoms with Gasteiger partial charge in [-0.1, -0.05) is 40.5 Å².